The van der Waals surface area contributed by atoms with Crippen LogP contribution in [0.15, 0.2) is 42.5 Å². The van der Waals surface area contributed by atoms with Crippen LogP contribution < -0.4 is 19.5 Å². The van der Waals surface area contributed by atoms with E-state index < -0.39 is 0 Å². The van der Waals surface area contributed by atoms with Gasteiger partial charge in [0.05, 0.1) is 27.4 Å². The van der Waals surface area contributed by atoms with Gasteiger partial charge in [0.1, 0.15) is 5.75 Å². The van der Waals surface area contributed by atoms with Crippen molar-refractivity contribution in [3.8, 4) is 17.2 Å². The van der Waals surface area contributed by atoms with Crippen LogP contribution >= 0.6 is 0 Å². The van der Waals surface area contributed by atoms with Crippen molar-refractivity contribution in [1.82, 2.24) is 5.32 Å². The number of hydrogen-bond acceptors (Lipinski definition) is 4. The normalized spacial score (nSPS) is 11.5. The molecule has 26 heavy (non-hydrogen) atoms. The molecule has 2 aromatic rings. The Morgan fingerprint density at radius 2 is 1.65 bits per heavy atom. The number of carbonyl (C=O) groups excluding carboxylic acids is 1. The van der Waals surface area contributed by atoms with E-state index in [0.29, 0.717) is 24.3 Å². The highest BCUT2D eigenvalue weighted by Gasteiger charge is 2.13. The van der Waals surface area contributed by atoms with E-state index in [1.54, 1.807) is 21.3 Å². The summed E-state index contributed by atoms with van der Waals surface area (Å²) in [6, 6.07) is 13.5. The van der Waals surface area contributed by atoms with E-state index in [9.17, 15) is 4.79 Å². The number of rotatable bonds is 9. The minimum Gasteiger partial charge on any atom is -0.497 e. The zero-order valence-corrected chi connectivity index (χ0v) is 15.9. The third-order valence-electron chi connectivity index (χ3n) is 4.35. The van der Waals surface area contributed by atoms with Gasteiger partial charge in [0.15, 0.2) is 11.5 Å². The number of ether oxygens (including phenoxy) is 3. The lowest BCUT2D eigenvalue weighted by Crippen LogP contribution is -2.28. The van der Waals surface area contributed by atoms with Crippen LogP contribution in [0.4, 0.5) is 0 Å². The van der Waals surface area contributed by atoms with Crippen molar-refractivity contribution in [2.75, 3.05) is 21.3 Å². The van der Waals surface area contributed by atoms with Crippen LogP contribution in [0.1, 0.15) is 36.9 Å². The Morgan fingerprint density at radius 1 is 0.962 bits per heavy atom. The highest BCUT2D eigenvalue weighted by molar-refractivity contribution is 5.76. The fourth-order valence-electron chi connectivity index (χ4n) is 2.82. The molecule has 1 N–H and O–H groups in total. The Kier molecular flexibility index (Phi) is 7.33. The highest BCUT2D eigenvalue weighted by atomic mass is 16.5. The van der Waals surface area contributed by atoms with E-state index in [1.807, 2.05) is 42.5 Å². The molecule has 0 aliphatic carbocycles. The Hall–Kier alpha value is -2.69. The molecular weight excluding hydrogens is 330 g/mol. The van der Waals surface area contributed by atoms with Crippen molar-refractivity contribution in [3.05, 3.63) is 53.6 Å². The van der Waals surface area contributed by atoms with Gasteiger partial charge >= 0.3 is 0 Å². The third-order valence-corrected chi connectivity index (χ3v) is 4.35. The first-order valence-electron chi connectivity index (χ1n) is 8.75. The summed E-state index contributed by atoms with van der Waals surface area (Å²) in [4.78, 5) is 12.4. The lowest BCUT2D eigenvalue weighted by molar-refractivity contribution is -0.121. The van der Waals surface area contributed by atoms with Crippen molar-refractivity contribution < 1.29 is 19.0 Å². The minimum atomic E-state index is -0.00110. The molecule has 2 rings (SSSR count). The van der Waals surface area contributed by atoms with Crippen LogP contribution in [-0.4, -0.2) is 27.2 Å². The van der Waals surface area contributed by atoms with Crippen LogP contribution in [0.2, 0.25) is 0 Å². The Bertz CT molecular complexity index is 712. The van der Waals surface area contributed by atoms with E-state index in [-0.39, 0.29) is 11.9 Å². The molecule has 1 unspecified atom stereocenters. The Morgan fingerprint density at radius 3 is 2.23 bits per heavy atom. The SMILES string of the molecule is CCC(NC(=O)CCc1ccc(OC)c(OC)c1)c1ccc(OC)cc1. The lowest BCUT2D eigenvalue weighted by Gasteiger charge is -2.18. The molecular formula is C21H27NO4. The fourth-order valence-corrected chi connectivity index (χ4v) is 2.82. The highest BCUT2D eigenvalue weighted by Crippen LogP contribution is 2.28. The summed E-state index contributed by atoms with van der Waals surface area (Å²) in [6.45, 7) is 2.06. The first kappa shape index (κ1) is 19.6. The smallest absolute Gasteiger partial charge is 0.220 e. The summed E-state index contributed by atoms with van der Waals surface area (Å²) < 4.78 is 15.7. The van der Waals surface area contributed by atoms with E-state index in [2.05, 4.69) is 12.2 Å². The molecule has 1 amide bonds. The summed E-state index contributed by atoms with van der Waals surface area (Å²) in [7, 11) is 4.85. The van der Waals surface area contributed by atoms with Gasteiger partial charge in [0.25, 0.3) is 0 Å². The number of aryl methyl sites for hydroxylation is 1. The monoisotopic (exact) mass is 357 g/mol. The molecule has 0 heterocycles. The molecule has 0 aliphatic heterocycles. The number of amides is 1. The predicted octanol–water partition coefficient (Wildman–Crippen LogP) is 3.91. The second kappa shape index (κ2) is 9.70. The van der Waals surface area contributed by atoms with E-state index in [0.717, 1.165) is 23.3 Å². The second-order valence-electron chi connectivity index (χ2n) is 5.99. The fraction of sp³-hybridized carbons (Fsp3) is 0.381. The molecule has 0 saturated carbocycles. The standard InChI is InChI=1S/C21H27NO4/c1-5-18(16-8-10-17(24-2)11-9-16)22-21(23)13-7-15-6-12-19(25-3)20(14-15)26-4/h6,8-12,14,18H,5,7,13H2,1-4H3,(H,22,23). The molecule has 0 saturated heterocycles. The van der Waals surface area contributed by atoms with Crippen LogP contribution in [0.3, 0.4) is 0 Å². The van der Waals surface area contributed by atoms with Gasteiger partial charge < -0.3 is 19.5 Å². The molecule has 140 valence electrons. The zero-order chi connectivity index (χ0) is 18.9. The van der Waals surface area contributed by atoms with Gasteiger partial charge in [-0.2, -0.15) is 0 Å². The molecule has 5 nitrogen and oxygen atoms in total. The number of carbonyl (C=O) groups is 1. The zero-order valence-electron chi connectivity index (χ0n) is 15.9. The first-order valence-corrected chi connectivity index (χ1v) is 8.75. The maximum Gasteiger partial charge on any atom is 0.220 e. The molecule has 0 spiro atoms. The minimum absolute atomic E-state index is 0.00110. The predicted molar refractivity (Wildman–Crippen MR) is 102 cm³/mol. The van der Waals surface area contributed by atoms with Crippen LogP contribution in [0.5, 0.6) is 17.2 Å². The molecule has 0 aromatic heterocycles. The van der Waals surface area contributed by atoms with Crippen LogP contribution in [0, 0.1) is 0 Å². The average Bonchev–Trinajstić information content (AvgIpc) is 2.70. The third kappa shape index (κ3) is 5.15. The summed E-state index contributed by atoms with van der Waals surface area (Å²) in [5, 5.41) is 3.11. The molecule has 1 atom stereocenters. The summed E-state index contributed by atoms with van der Waals surface area (Å²) >= 11 is 0. The van der Waals surface area contributed by atoms with Crippen LogP contribution in [0.25, 0.3) is 0 Å². The number of hydrogen-bond donors (Lipinski definition) is 1. The Balaban J connectivity index is 1.94. The lowest BCUT2D eigenvalue weighted by atomic mass is 10.0. The van der Waals surface area contributed by atoms with Crippen molar-refractivity contribution >= 4 is 5.91 Å². The van der Waals surface area contributed by atoms with Crippen molar-refractivity contribution in [1.29, 1.82) is 0 Å². The first-order chi connectivity index (χ1) is 12.6. The van der Waals surface area contributed by atoms with Crippen molar-refractivity contribution in [3.63, 3.8) is 0 Å². The van der Waals surface area contributed by atoms with Crippen molar-refractivity contribution in [2.24, 2.45) is 0 Å². The summed E-state index contributed by atoms with van der Waals surface area (Å²) in [5.74, 6) is 2.20. The summed E-state index contributed by atoms with van der Waals surface area (Å²) in [6.07, 6.45) is 1.89. The number of benzene rings is 2. The van der Waals surface area contributed by atoms with Gasteiger partial charge in [-0.05, 0) is 48.2 Å². The van der Waals surface area contributed by atoms with E-state index in [4.69, 9.17) is 14.2 Å². The maximum atomic E-state index is 12.4. The topological polar surface area (TPSA) is 56.8 Å². The van der Waals surface area contributed by atoms with Gasteiger partial charge in [0, 0.05) is 6.42 Å². The molecule has 0 radical (unpaired) electrons. The average molecular weight is 357 g/mol. The maximum absolute atomic E-state index is 12.4. The van der Waals surface area contributed by atoms with Gasteiger partial charge in [-0.3, -0.25) is 4.79 Å². The van der Waals surface area contributed by atoms with Gasteiger partial charge in [-0.15, -0.1) is 0 Å². The summed E-state index contributed by atoms with van der Waals surface area (Å²) in [5.41, 5.74) is 2.11. The molecule has 2 aromatic carbocycles. The van der Waals surface area contributed by atoms with E-state index >= 15 is 0 Å². The molecule has 0 fully saturated rings. The molecule has 0 bridgehead atoms. The molecule has 0 aliphatic rings. The van der Waals surface area contributed by atoms with Gasteiger partial charge in [-0.25, -0.2) is 0 Å². The van der Waals surface area contributed by atoms with Gasteiger partial charge in [0.2, 0.25) is 5.91 Å². The quantitative estimate of drug-likeness (QED) is 0.739. The second-order valence-corrected chi connectivity index (χ2v) is 5.99. The van der Waals surface area contributed by atoms with E-state index in [1.165, 1.54) is 0 Å². The Labute approximate surface area is 155 Å². The van der Waals surface area contributed by atoms with Gasteiger partial charge in [-0.1, -0.05) is 25.1 Å². The molecule has 5 heteroatoms. The number of methoxy groups -OCH3 is 3. The largest absolute Gasteiger partial charge is 0.497 e. The van der Waals surface area contributed by atoms with Crippen molar-refractivity contribution in [2.45, 2.75) is 32.2 Å². The van der Waals surface area contributed by atoms with Crippen LogP contribution in [-0.2, 0) is 11.2 Å². The number of nitrogens with one attached hydrogen (secondary N) is 1.